The van der Waals surface area contributed by atoms with Gasteiger partial charge >= 0.3 is 0 Å². The van der Waals surface area contributed by atoms with E-state index in [1.165, 1.54) is 9.80 Å². The quantitative estimate of drug-likeness (QED) is 0.615. The number of carbonyl (C=O) groups excluding carboxylic acids is 1. The van der Waals surface area contributed by atoms with Gasteiger partial charge in [0, 0.05) is 0 Å². The van der Waals surface area contributed by atoms with Crippen molar-refractivity contribution in [2.24, 2.45) is 0 Å². The molecule has 1 fully saturated rings. The van der Waals surface area contributed by atoms with Gasteiger partial charge in [-0.3, -0.25) is 4.79 Å². The van der Waals surface area contributed by atoms with Gasteiger partial charge in [-0.2, -0.15) is 5.26 Å². The molecule has 0 bridgehead atoms. The first-order chi connectivity index (χ1) is 9.61. The number of para-hydroxylation sites is 1. The standard InChI is InChI=1S/C15H20N4O/c1-12(19-9-7-18(2)8-10-19)15(20)17-14-6-4-3-5-13(14)11-16/h3-6,12H,7-10H2,1-2H3,(H,17,20)/p+2/t12-/m0/s1. The van der Waals surface area contributed by atoms with Gasteiger partial charge in [0.1, 0.15) is 32.2 Å². The maximum Gasteiger partial charge on any atom is 0.282 e. The lowest BCUT2D eigenvalue weighted by molar-refractivity contribution is -1.01. The van der Waals surface area contributed by atoms with Gasteiger partial charge in [0.25, 0.3) is 5.91 Å². The normalized spacial score (nSPS) is 23.6. The molecule has 0 aliphatic carbocycles. The molecule has 1 aromatic rings. The van der Waals surface area contributed by atoms with E-state index in [9.17, 15) is 4.79 Å². The topological polar surface area (TPSA) is 61.8 Å². The number of piperazine rings is 1. The van der Waals surface area contributed by atoms with Crippen LogP contribution in [0.1, 0.15) is 12.5 Å². The van der Waals surface area contributed by atoms with E-state index >= 15 is 0 Å². The molecule has 1 heterocycles. The number of hydrogen-bond donors (Lipinski definition) is 3. The van der Waals surface area contributed by atoms with Gasteiger partial charge in [-0.25, -0.2) is 0 Å². The fraction of sp³-hybridized carbons (Fsp3) is 0.467. The third-order valence-corrected chi connectivity index (χ3v) is 4.06. The van der Waals surface area contributed by atoms with E-state index in [0.29, 0.717) is 11.3 Å². The van der Waals surface area contributed by atoms with Crippen LogP contribution in [0.15, 0.2) is 24.3 Å². The third-order valence-electron chi connectivity index (χ3n) is 4.06. The average molecular weight is 274 g/mol. The fourth-order valence-electron chi connectivity index (χ4n) is 2.55. The van der Waals surface area contributed by atoms with Crippen molar-refractivity contribution in [1.29, 1.82) is 5.26 Å². The van der Waals surface area contributed by atoms with E-state index in [-0.39, 0.29) is 11.9 Å². The van der Waals surface area contributed by atoms with Crippen LogP contribution in [0.25, 0.3) is 0 Å². The number of anilines is 1. The Bertz CT molecular complexity index is 515. The Morgan fingerprint density at radius 1 is 1.30 bits per heavy atom. The number of nitrogens with zero attached hydrogens (tertiary/aromatic N) is 1. The first-order valence-electron chi connectivity index (χ1n) is 7.07. The molecule has 5 heteroatoms. The summed E-state index contributed by atoms with van der Waals surface area (Å²) in [5, 5.41) is 11.9. The van der Waals surface area contributed by atoms with Gasteiger partial charge in [0.05, 0.1) is 18.3 Å². The number of carbonyl (C=O) groups is 1. The molecule has 0 spiro atoms. The summed E-state index contributed by atoms with van der Waals surface area (Å²) in [7, 11) is 2.19. The highest BCUT2D eigenvalue weighted by molar-refractivity contribution is 5.94. The SMILES string of the molecule is C[C@@H](C(=O)Nc1ccccc1C#N)[NH+]1CC[NH+](C)CC1. The highest BCUT2D eigenvalue weighted by atomic mass is 16.2. The lowest BCUT2D eigenvalue weighted by Gasteiger charge is -2.30. The van der Waals surface area contributed by atoms with Gasteiger partial charge in [0.2, 0.25) is 0 Å². The molecule has 1 aromatic carbocycles. The van der Waals surface area contributed by atoms with Crippen LogP contribution in [0.2, 0.25) is 0 Å². The van der Waals surface area contributed by atoms with Crippen LogP contribution in [0, 0.1) is 11.3 Å². The van der Waals surface area contributed by atoms with Crippen molar-refractivity contribution in [2.45, 2.75) is 13.0 Å². The van der Waals surface area contributed by atoms with E-state index < -0.39 is 0 Å². The van der Waals surface area contributed by atoms with Gasteiger partial charge < -0.3 is 15.1 Å². The third kappa shape index (κ3) is 3.35. The minimum absolute atomic E-state index is 0.0118. The molecule has 1 amide bonds. The van der Waals surface area contributed by atoms with Crippen LogP contribution in [0.3, 0.4) is 0 Å². The van der Waals surface area contributed by atoms with Crippen molar-refractivity contribution < 1.29 is 14.6 Å². The van der Waals surface area contributed by atoms with Crippen LogP contribution < -0.4 is 15.1 Å². The predicted octanol–water partition coefficient (Wildman–Crippen LogP) is -1.70. The molecule has 1 aliphatic heterocycles. The molecule has 20 heavy (non-hydrogen) atoms. The molecule has 0 unspecified atom stereocenters. The second kappa shape index (κ2) is 6.51. The second-order valence-corrected chi connectivity index (χ2v) is 5.48. The van der Waals surface area contributed by atoms with Crippen molar-refractivity contribution in [3.8, 4) is 6.07 Å². The van der Waals surface area contributed by atoms with Gasteiger partial charge in [-0.05, 0) is 19.1 Å². The summed E-state index contributed by atoms with van der Waals surface area (Å²) in [5.41, 5.74) is 1.11. The lowest BCUT2D eigenvalue weighted by atomic mass is 10.1. The Balaban J connectivity index is 1.99. The molecule has 106 valence electrons. The Labute approximate surface area is 119 Å². The molecule has 0 radical (unpaired) electrons. The van der Waals surface area contributed by atoms with Crippen molar-refractivity contribution in [3.05, 3.63) is 29.8 Å². The number of likely N-dealkylation sites (N-methyl/N-ethyl adjacent to an activating group) is 1. The Hall–Kier alpha value is -1.90. The molecule has 0 aromatic heterocycles. The summed E-state index contributed by atoms with van der Waals surface area (Å²) < 4.78 is 0. The lowest BCUT2D eigenvalue weighted by Crippen LogP contribution is -3.29. The maximum absolute atomic E-state index is 12.3. The van der Waals surface area contributed by atoms with Crippen molar-refractivity contribution in [2.75, 3.05) is 38.5 Å². The van der Waals surface area contributed by atoms with E-state index in [0.717, 1.165) is 26.2 Å². The summed E-state index contributed by atoms with van der Waals surface area (Å²) in [6.07, 6.45) is 0. The van der Waals surface area contributed by atoms with Crippen molar-refractivity contribution in [3.63, 3.8) is 0 Å². The summed E-state index contributed by atoms with van der Waals surface area (Å²) >= 11 is 0. The number of nitrogens with one attached hydrogen (secondary N) is 3. The second-order valence-electron chi connectivity index (χ2n) is 5.48. The average Bonchev–Trinajstić information content (AvgIpc) is 2.48. The van der Waals surface area contributed by atoms with Crippen LogP contribution >= 0.6 is 0 Å². The Morgan fingerprint density at radius 3 is 2.60 bits per heavy atom. The summed E-state index contributed by atoms with van der Waals surface area (Å²) in [4.78, 5) is 15.2. The molecular weight excluding hydrogens is 252 g/mol. The molecule has 1 saturated heterocycles. The molecular formula is C15H22N4O+2. The van der Waals surface area contributed by atoms with Crippen LogP contribution in [0.4, 0.5) is 5.69 Å². The maximum atomic E-state index is 12.3. The van der Waals surface area contributed by atoms with Crippen LogP contribution in [0.5, 0.6) is 0 Å². The van der Waals surface area contributed by atoms with E-state index in [4.69, 9.17) is 5.26 Å². The minimum atomic E-state index is -0.0881. The molecule has 5 nitrogen and oxygen atoms in total. The molecule has 1 atom stereocenters. The number of quaternary nitrogens is 2. The zero-order valence-electron chi connectivity index (χ0n) is 12.1. The highest BCUT2D eigenvalue weighted by Crippen LogP contribution is 2.13. The minimum Gasteiger partial charge on any atom is -0.328 e. The first kappa shape index (κ1) is 14.5. The number of amides is 1. The van der Waals surface area contributed by atoms with Crippen LogP contribution in [-0.4, -0.2) is 45.2 Å². The van der Waals surface area contributed by atoms with Crippen molar-refractivity contribution in [1.82, 2.24) is 0 Å². The van der Waals surface area contributed by atoms with E-state index in [1.807, 2.05) is 13.0 Å². The summed E-state index contributed by atoms with van der Waals surface area (Å²) in [6.45, 7) is 6.18. The Morgan fingerprint density at radius 2 is 1.95 bits per heavy atom. The van der Waals surface area contributed by atoms with Gasteiger partial charge in [-0.15, -0.1) is 0 Å². The van der Waals surface area contributed by atoms with Crippen LogP contribution in [-0.2, 0) is 4.79 Å². The fourth-order valence-corrected chi connectivity index (χ4v) is 2.55. The highest BCUT2D eigenvalue weighted by Gasteiger charge is 2.29. The largest absolute Gasteiger partial charge is 0.328 e. The molecule has 0 saturated carbocycles. The van der Waals surface area contributed by atoms with E-state index in [2.05, 4.69) is 18.4 Å². The summed E-state index contributed by atoms with van der Waals surface area (Å²) in [6, 6.07) is 9.12. The van der Waals surface area contributed by atoms with Gasteiger partial charge in [-0.1, -0.05) is 12.1 Å². The molecule has 2 rings (SSSR count). The first-order valence-corrected chi connectivity index (χ1v) is 7.07. The Kier molecular flexibility index (Phi) is 4.72. The summed E-state index contributed by atoms with van der Waals surface area (Å²) in [5.74, 6) is -0.0118. The van der Waals surface area contributed by atoms with Crippen molar-refractivity contribution >= 4 is 11.6 Å². The molecule has 1 aliphatic rings. The predicted molar refractivity (Wildman–Crippen MR) is 76.6 cm³/mol. The van der Waals surface area contributed by atoms with Gasteiger partial charge in [0.15, 0.2) is 6.04 Å². The number of benzene rings is 1. The number of rotatable bonds is 3. The monoisotopic (exact) mass is 274 g/mol. The number of nitriles is 1. The zero-order valence-corrected chi connectivity index (χ0v) is 12.1. The number of hydrogen-bond acceptors (Lipinski definition) is 2. The smallest absolute Gasteiger partial charge is 0.282 e. The molecule has 3 N–H and O–H groups in total. The van der Waals surface area contributed by atoms with E-state index in [1.54, 1.807) is 18.2 Å². The zero-order chi connectivity index (χ0) is 14.5.